The zero-order chi connectivity index (χ0) is 12.4. The Morgan fingerprint density at radius 1 is 1.17 bits per heavy atom. The zero-order valence-electron chi connectivity index (χ0n) is 9.71. The van der Waals surface area contributed by atoms with Gasteiger partial charge in [-0.3, -0.25) is 0 Å². The van der Waals surface area contributed by atoms with Crippen molar-refractivity contribution in [3.05, 3.63) is 48.6 Å². The number of aromatic nitrogens is 2. The maximum Gasteiger partial charge on any atom is 0.134 e. The number of aryl methyl sites for hydroxylation is 1. The maximum absolute atomic E-state index is 5.53. The topological polar surface area (TPSA) is 38.9 Å². The number of hydrogen-bond donors (Lipinski definition) is 1. The molecule has 0 saturated carbocycles. The summed E-state index contributed by atoms with van der Waals surface area (Å²) < 4.78 is 5.53. The van der Waals surface area contributed by atoms with Gasteiger partial charge in [0.1, 0.15) is 17.7 Å². The van der Waals surface area contributed by atoms with Gasteiger partial charge in [-0.2, -0.15) is 12.6 Å². The molecule has 0 saturated heterocycles. The Bertz CT molecular complexity index is 678. The van der Waals surface area contributed by atoms with E-state index in [-0.39, 0.29) is 0 Å². The molecule has 2 aromatic heterocycles. The van der Waals surface area contributed by atoms with E-state index < -0.39 is 0 Å². The highest BCUT2D eigenvalue weighted by Gasteiger charge is 2.09. The molecule has 1 aromatic carbocycles. The molecule has 0 amide bonds. The average Bonchev–Trinajstić information content (AvgIpc) is 2.83. The van der Waals surface area contributed by atoms with Crippen LogP contribution in [0.25, 0.3) is 22.2 Å². The van der Waals surface area contributed by atoms with Crippen LogP contribution in [-0.2, 0) is 6.42 Å². The molecule has 0 unspecified atom stereocenters. The number of nitrogens with zero attached hydrogens (tertiary/aromatic N) is 2. The summed E-state index contributed by atoms with van der Waals surface area (Å²) in [7, 11) is 0. The van der Waals surface area contributed by atoms with Gasteiger partial charge in [-0.15, -0.1) is 0 Å². The van der Waals surface area contributed by atoms with E-state index in [1.807, 2.05) is 30.3 Å². The van der Waals surface area contributed by atoms with E-state index in [0.29, 0.717) is 0 Å². The third kappa shape index (κ3) is 1.99. The minimum absolute atomic E-state index is 0.746. The molecule has 0 aliphatic carbocycles. The fourth-order valence-corrected chi connectivity index (χ4v) is 2.15. The van der Waals surface area contributed by atoms with Crippen molar-refractivity contribution in [2.45, 2.75) is 6.42 Å². The zero-order valence-corrected chi connectivity index (χ0v) is 10.6. The Kier molecular flexibility index (Phi) is 3.02. The predicted molar refractivity (Wildman–Crippen MR) is 74.8 cm³/mol. The Balaban J connectivity index is 2.11. The normalized spacial score (nSPS) is 10.9. The highest BCUT2D eigenvalue weighted by molar-refractivity contribution is 7.80. The Morgan fingerprint density at radius 2 is 2.06 bits per heavy atom. The Labute approximate surface area is 110 Å². The highest BCUT2D eigenvalue weighted by Crippen LogP contribution is 2.28. The largest absolute Gasteiger partial charge is 0.464 e. The Morgan fingerprint density at radius 3 is 2.94 bits per heavy atom. The maximum atomic E-state index is 5.53. The molecule has 3 rings (SSSR count). The number of para-hydroxylation sites is 1. The molecule has 18 heavy (non-hydrogen) atoms. The molecule has 0 spiro atoms. The van der Waals surface area contributed by atoms with Gasteiger partial charge in [0.2, 0.25) is 0 Å². The smallest absolute Gasteiger partial charge is 0.134 e. The van der Waals surface area contributed by atoms with Gasteiger partial charge in [-0.25, -0.2) is 9.97 Å². The first kappa shape index (κ1) is 11.3. The summed E-state index contributed by atoms with van der Waals surface area (Å²) in [6.07, 6.45) is 4.30. The minimum atomic E-state index is 0.746. The van der Waals surface area contributed by atoms with Crippen molar-refractivity contribution < 1.29 is 4.42 Å². The van der Waals surface area contributed by atoms with Crippen LogP contribution in [0.15, 0.2) is 47.2 Å². The molecule has 2 heterocycles. The van der Waals surface area contributed by atoms with E-state index in [2.05, 4.69) is 22.6 Å². The first-order chi connectivity index (χ1) is 8.88. The van der Waals surface area contributed by atoms with Crippen LogP contribution in [0.2, 0.25) is 0 Å². The van der Waals surface area contributed by atoms with Crippen molar-refractivity contribution in [3.8, 4) is 11.3 Å². The predicted octanol–water partition coefficient (Wildman–Crippen LogP) is 3.36. The summed E-state index contributed by atoms with van der Waals surface area (Å²) in [6, 6.07) is 9.85. The van der Waals surface area contributed by atoms with Gasteiger partial charge in [-0.1, -0.05) is 18.2 Å². The average molecular weight is 256 g/mol. The van der Waals surface area contributed by atoms with E-state index >= 15 is 0 Å². The van der Waals surface area contributed by atoms with Crippen LogP contribution in [0.5, 0.6) is 0 Å². The number of benzene rings is 1. The minimum Gasteiger partial charge on any atom is -0.464 e. The van der Waals surface area contributed by atoms with Crippen LogP contribution in [0.3, 0.4) is 0 Å². The van der Waals surface area contributed by atoms with Gasteiger partial charge in [0, 0.05) is 23.6 Å². The van der Waals surface area contributed by atoms with Gasteiger partial charge >= 0.3 is 0 Å². The van der Waals surface area contributed by atoms with Crippen LogP contribution >= 0.6 is 12.6 Å². The summed E-state index contributed by atoms with van der Waals surface area (Å²) in [5.41, 5.74) is 2.78. The lowest BCUT2D eigenvalue weighted by Crippen LogP contribution is -1.96. The fraction of sp³-hybridized carbons (Fsp3) is 0.143. The first-order valence-electron chi connectivity index (χ1n) is 5.78. The van der Waals surface area contributed by atoms with Crippen molar-refractivity contribution >= 4 is 23.6 Å². The summed E-state index contributed by atoms with van der Waals surface area (Å²) in [5.74, 6) is 1.56. The van der Waals surface area contributed by atoms with Crippen molar-refractivity contribution in [3.63, 3.8) is 0 Å². The van der Waals surface area contributed by atoms with Crippen molar-refractivity contribution in [2.24, 2.45) is 0 Å². The summed E-state index contributed by atoms with van der Waals surface area (Å²) in [4.78, 5) is 8.76. The second-order valence-electron chi connectivity index (χ2n) is 3.98. The number of fused-ring (bicyclic) bond motifs is 1. The van der Waals surface area contributed by atoms with E-state index in [9.17, 15) is 0 Å². The highest BCUT2D eigenvalue weighted by atomic mass is 32.1. The molecule has 0 aliphatic heterocycles. The molecule has 0 atom stereocenters. The van der Waals surface area contributed by atoms with Gasteiger partial charge in [0.05, 0.1) is 5.69 Å². The number of thiol groups is 1. The molecule has 90 valence electrons. The molecule has 0 N–H and O–H groups in total. The quantitative estimate of drug-likeness (QED) is 0.730. The van der Waals surface area contributed by atoms with E-state index in [1.54, 1.807) is 12.5 Å². The third-order valence-electron chi connectivity index (χ3n) is 2.80. The number of furan rings is 1. The number of hydrogen-bond acceptors (Lipinski definition) is 4. The Hall–Kier alpha value is -1.81. The van der Waals surface area contributed by atoms with Gasteiger partial charge in [0.15, 0.2) is 0 Å². The van der Waals surface area contributed by atoms with Gasteiger partial charge in [-0.05, 0) is 17.9 Å². The summed E-state index contributed by atoms with van der Waals surface area (Å²) in [6.45, 7) is 0. The monoisotopic (exact) mass is 256 g/mol. The van der Waals surface area contributed by atoms with Crippen molar-refractivity contribution in [2.75, 3.05) is 5.75 Å². The van der Waals surface area contributed by atoms with Crippen molar-refractivity contribution in [1.29, 1.82) is 0 Å². The van der Waals surface area contributed by atoms with Gasteiger partial charge < -0.3 is 4.42 Å². The lowest BCUT2D eigenvalue weighted by molar-refractivity contribution is 0.616. The lowest BCUT2D eigenvalue weighted by atomic mass is 10.1. The molecule has 3 nitrogen and oxygen atoms in total. The third-order valence-corrected chi connectivity index (χ3v) is 3.02. The van der Waals surface area contributed by atoms with E-state index in [4.69, 9.17) is 4.42 Å². The van der Waals surface area contributed by atoms with Crippen LogP contribution < -0.4 is 0 Å². The number of rotatable bonds is 3. The SMILES string of the molecule is SCCc1nccc(-c2coc3ccccc23)n1. The van der Waals surface area contributed by atoms with Crippen molar-refractivity contribution in [1.82, 2.24) is 9.97 Å². The van der Waals surface area contributed by atoms with Crippen LogP contribution in [-0.4, -0.2) is 15.7 Å². The van der Waals surface area contributed by atoms with Crippen LogP contribution in [0, 0.1) is 0 Å². The summed E-state index contributed by atoms with van der Waals surface area (Å²) in [5, 5.41) is 1.08. The molecule has 4 heteroatoms. The summed E-state index contributed by atoms with van der Waals surface area (Å²) >= 11 is 4.20. The molecule has 0 aliphatic rings. The van der Waals surface area contributed by atoms with Crippen LogP contribution in [0.1, 0.15) is 5.82 Å². The molecule has 3 aromatic rings. The second-order valence-corrected chi connectivity index (χ2v) is 4.42. The molecular weight excluding hydrogens is 244 g/mol. The lowest BCUT2D eigenvalue weighted by Gasteiger charge is -2.00. The van der Waals surface area contributed by atoms with Gasteiger partial charge in [0.25, 0.3) is 0 Å². The standard InChI is InChI=1S/C14H12N2OS/c18-8-6-14-15-7-5-12(16-14)11-9-17-13-4-2-1-3-10(11)13/h1-5,7,9,18H,6,8H2. The van der Waals surface area contributed by atoms with E-state index in [1.165, 1.54) is 0 Å². The fourth-order valence-electron chi connectivity index (χ4n) is 1.95. The second kappa shape index (κ2) is 4.82. The molecule has 0 fully saturated rings. The first-order valence-corrected chi connectivity index (χ1v) is 6.41. The molecule has 0 radical (unpaired) electrons. The van der Waals surface area contributed by atoms with E-state index in [0.717, 1.165) is 40.2 Å². The molecular formula is C14H12N2OS. The van der Waals surface area contributed by atoms with Crippen LogP contribution in [0.4, 0.5) is 0 Å². The molecule has 0 bridgehead atoms.